The lowest BCUT2D eigenvalue weighted by Crippen LogP contribution is -2.28. The van der Waals surface area contributed by atoms with Gasteiger partial charge in [0, 0.05) is 29.4 Å². The number of ether oxygens (including phenoxy) is 1. The van der Waals surface area contributed by atoms with Crippen LogP contribution in [-0.4, -0.2) is 18.4 Å². The fourth-order valence-corrected chi connectivity index (χ4v) is 3.89. The summed E-state index contributed by atoms with van der Waals surface area (Å²) in [5, 5.41) is 3.51. The summed E-state index contributed by atoms with van der Waals surface area (Å²) < 4.78 is 5.92. The van der Waals surface area contributed by atoms with Crippen molar-refractivity contribution in [1.82, 2.24) is 0 Å². The molecule has 3 aromatic carbocycles. The first-order chi connectivity index (χ1) is 15.7. The van der Waals surface area contributed by atoms with Gasteiger partial charge in [0.1, 0.15) is 11.5 Å². The molecule has 1 N–H and O–H groups in total. The van der Waals surface area contributed by atoms with Crippen molar-refractivity contribution in [1.29, 1.82) is 0 Å². The van der Waals surface area contributed by atoms with E-state index in [1.165, 1.54) is 5.56 Å². The average molecular weight is 463 g/mol. The van der Waals surface area contributed by atoms with Gasteiger partial charge in [-0.3, -0.25) is 9.59 Å². The van der Waals surface area contributed by atoms with Crippen LogP contribution in [0, 0.1) is 5.92 Å². The molecular formula is C27H27ClN2O3. The Morgan fingerprint density at radius 3 is 2.09 bits per heavy atom. The van der Waals surface area contributed by atoms with Crippen molar-refractivity contribution in [2.24, 2.45) is 5.92 Å². The minimum atomic E-state index is -0.412. The van der Waals surface area contributed by atoms with Crippen molar-refractivity contribution >= 4 is 34.8 Å². The summed E-state index contributed by atoms with van der Waals surface area (Å²) in [4.78, 5) is 26.8. The predicted octanol–water partition coefficient (Wildman–Crippen LogP) is 6.42. The quantitative estimate of drug-likeness (QED) is 0.475. The van der Waals surface area contributed by atoms with E-state index in [1.807, 2.05) is 24.3 Å². The van der Waals surface area contributed by atoms with Gasteiger partial charge in [-0.15, -0.1) is 0 Å². The minimum absolute atomic E-state index is 0.0706. The Bertz CT molecular complexity index is 1130. The molecule has 1 saturated heterocycles. The van der Waals surface area contributed by atoms with E-state index < -0.39 is 5.92 Å². The van der Waals surface area contributed by atoms with Crippen LogP contribution in [0.2, 0.25) is 5.02 Å². The standard InChI is InChI=1S/C27H27ClN2O3/c1-27(2,3)19-4-12-23(13-5-19)33-24-14-8-21(9-15-24)29-26(32)18-16-25(31)30(17-18)22-10-6-20(28)7-11-22/h4-15,18H,16-17H2,1-3H3,(H,29,32)/t18-/m1/s1. The van der Waals surface area contributed by atoms with E-state index in [1.54, 1.807) is 41.3 Å². The summed E-state index contributed by atoms with van der Waals surface area (Å²) in [7, 11) is 0. The molecule has 170 valence electrons. The van der Waals surface area contributed by atoms with E-state index in [-0.39, 0.29) is 23.7 Å². The summed E-state index contributed by atoms with van der Waals surface area (Å²) >= 11 is 5.93. The summed E-state index contributed by atoms with van der Waals surface area (Å²) in [6.07, 6.45) is 0.181. The second-order valence-electron chi connectivity index (χ2n) is 9.27. The van der Waals surface area contributed by atoms with Crippen molar-refractivity contribution in [3.05, 3.63) is 83.4 Å². The van der Waals surface area contributed by atoms with Gasteiger partial charge < -0.3 is 15.0 Å². The molecule has 3 aromatic rings. The van der Waals surface area contributed by atoms with Crippen LogP contribution in [0.25, 0.3) is 0 Å². The Morgan fingerprint density at radius 1 is 0.939 bits per heavy atom. The Hall–Kier alpha value is -3.31. The van der Waals surface area contributed by atoms with Gasteiger partial charge in [0.2, 0.25) is 11.8 Å². The SMILES string of the molecule is CC(C)(C)c1ccc(Oc2ccc(NC(=O)[C@@H]3CC(=O)N(c4ccc(Cl)cc4)C3)cc2)cc1. The van der Waals surface area contributed by atoms with Gasteiger partial charge in [0.15, 0.2) is 0 Å². The van der Waals surface area contributed by atoms with Gasteiger partial charge in [-0.1, -0.05) is 44.5 Å². The van der Waals surface area contributed by atoms with Crippen molar-refractivity contribution in [2.45, 2.75) is 32.6 Å². The van der Waals surface area contributed by atoms with Gasteiger partial charge in [-0.25, -0.2) is 0 Å². The van der Waals surface area contributed by atoms with Gasteiger partial charge >= 0.3 is 0 Å². The molecule has 0 unspecified atom stereocenters. The van der Waals surface area contributed by atoms with E-state index in [2.05, 4.69) is 38.2 Å². The molecule has 0 radical (unpaired) electrons. The third-order valence-electron chi connectivity index (χ3n) is 5.71. The number of halogens is 1. The normalized spacial score (nSPS) is 16.1. The summed E-state index contributed by atoms with van der Waals surface area (Å²) in [5.41, 5.74) is 2.74. The number of anilines is 2. The van der Waals surface area contributed by atoms with Crippen LogP contribution in [0.1, 0.15) is 32.8 Å². The van der Waals surface area contributed by atoms with Gasteiger partial charge in [-0.05, 0) is 71.6 Å². The minimum Gasteiger partial charge on any atom is -0.457 e. The fourth-order valence-electron chi connectivity index (χ4n) is 3.76. The molecule has 1 aliphatic rings. The highest BCUT2D eigenvalue weighted by atomic mass is 35.5. The smallest absolute Gasteiger partial charge is 0.229 e. The van der Waals surface area contributed by atoms with Crippen LogP contribution < -0.4 is 15.0 Å². The van der Waals surface area contributed by atoms with Crippen LogP contribution in [0.3, 0.4) is 0 Å². The lowest BCUT2D eigenvalue weighted by atomic mass is 9.87. The second kappa shape index (κ2) is 9.28. The van der Waals surface area contributed by atoms with E-state index in [0.717, 1.165) is 11.4 Å². The molecule has 0 aliphatic carbocycles. The monoisotopic (exact) mass is 462 g/mol. The largest absolute Gasteiger partial charge is 0.457 e. The van der Waals surface area contributed by atoms with Crippen LogP contribution >= 0.6 is 11.6 Å². The highest BCUT2D eigenvalue weighted by Gasteiger charge is 2.35. The molecule has 0 aromatic heterocycles. The number of carbonyl (C=O) groups is 2. The van der Waals surface area contributed by atoms with E-state index in [4.69, 9.17) is 16.3 Å². The zero-order valence-corrected chi connectivity index (χ0v) is 19.7. The zero-order valence-electron chi connectivity index (χ0n) is 19.0. The van der Waals surface area contributed by atoms with Crippen molar-refractivity contribution in [3.8, 4) is 11.5 Å². The molecule has 1 aliphatic heterocycles. The van der Waals surface area contributed by atoms with Gasteiger partial charge in [-0.2, -0.15) is 0 Å². The van der Waals surface area contributed by atoms with Crippen LogP contribution in [-0.2, 0) is 15.0 Å². The first-order valence-corrected chi connectivity index (χ1v) is 11.3. The molecule has 0 bridgehead atoms. The third kappa shape index (κ3) is 5.55. The predicted molar refractivity (Wildman–Crippen MR) is 132 cm³/mol. The first kappa shape index (κ1) is 22.9. The molecule has 1 heterocycles. The Balaban J connectivity index is 1.34. The van der Waals surface area contributed by atoms with E-state index in [0.29, 0.717) is 23.0 Å². The Kier molecular flexibility index (Phi) is 6.43. The maximum Gasteiger partial charge on any atom is 0.229 e. The van der Waals surface area contributed by atoms with E-state index in [9.17, 15) is 9.59 Å². The second-order valence-corrected chi connectivity index (χ2v) is 9.71. The number of benzene rings is 3. The zero-order chi connectivity index (χ0) is 23.6. The number of nitrogens with zero attached hydrogens (tertiary/aromatic N) is 1. The van der Waals surface area contributed by atoms with Crippen LogP contribution in [0.15, 0.2) is 72.8 Å². The molecular weight excluding hydrogens is 436 g/mol. The Morgan fingerprint density at radius 2 is 1.52 bits per heavy atom. The molecule has 5 nitrogen and oxygen atoms in total. The lowest BCUT2D eigenvalue weighted by Gasteiger charge is -2.19. The molecule has 0 spiro atoms. The summed E-state index contributed by atoms with van der Waals surface area (Å²) in [6.45, 7) is 6.86. The number of nitrogens with one attached hydrogen (secondary N) is 1. The van der Waals surface area contributed by atoms with Crippen LogP contribution in [0.4, 0.5) is 11.4 Å². The topological polar surface area (TPSA) is 58.6 Å². The summed E-state index contributed by atoms with van der Waals surface area (Å²) in [5.74, 6) is 0.781. The molecule has 6 heteroatoms. The number of rotatable bonds is 5. The van der Waals surface area contributed by atoms with Crippen molar-refractivity contribution in [3.63, 3.8) is 0 Å². The molecule has 2 amide bonds. The lowest BCUT2D eigenvalue weighted by molar-refractivity contribution is -0.122. The number of hydrogen-bond donors (Lipinski definition) is 1. The highest BCUT2D eigenvalue weighted by molar-refractivity contribution is 6.30. The van der Waals surface area contributed by atoms with Crippen molar-refractivity contribution < 1.29 is 14.3 Å². The molecule has 4 rings (SSSR count). The Labute approximate surface area is 199 Å². The highest BCUT2D eigenvalue weighted by Crippen LogP contribution is 2.29. The third-order valence-corrected chi connectivity index (χ3v) is 5.96. The first-order valence-electron chi connectivity index (χ1n) is 10.9. The number of carbonyl (C=O) groups excluding carboxylic acids is 2. The maximum absolute atomic E-state index is 12.7. The molecule has 33 heavy (non-hydrogen) atoms. The maximum atomic E-state index is 12.7. The fraction of sp³-hybridized carbons (Fsp3) is 0.259. The average Bonchev–Trinajstić information content (AvgIpc) is 3.17. The van der Waals surface area contributed by atoms with Crippen molar-refractivity contribution in [2.75, 3.05) is 16.8 Å². The molecule has 0 saturated carbocycles. The number of amides is 2. The van der Waals surface area contributed by atoms with Gasteiger partial charge in [0.25, 0.3) is 0 Å². The van der Waals surface area contributed by atoms with E-state index >= 15 is 0 Å². The van der Waals surface area contributed by atoms with Crippen LogP contribution in [0.5, 0.6) is 11.5 Å². The molecule has 1 fully saturated rings. The molecule has 1 atom stereocenters. The summed E-state index contributed by atoms with van der Waals surface area (Å²) in [6, 6.07) is 22.3. The van der Waals surface area contributed by atoms with Gasteiger partial charge in [0.05, 0.1) is 5.92 Å². The number of hydrogen-bond acceptors (Lipinski definition) is 3.